The van der Waals surface area contributed by atoms with E-state index in [1.54, 1.807) is 45.2 Å². The van der Waals surface area contributed by atoms with Crippen molar-refractivity contribution in [2.45, 2.75) is 57.6 Å². The molecule has 152 valence electrons. The number of rotatable bonds is 6. The summed E-state index contributed by atoms with van der Waals surface area (Å²) in [5.41, 5.74) is -1.58. The van der Waals surface area contributed by atoms with E-state index in [9.17, 15) is 14.7 Å². The van der Waals surface area contributed by atoms with Gasteiger partial charge in [0.2, 0.25) is 0 Å². The topological polar surface area (TPSA) is 84.9 Å². The molecule has 4 bridgehead atoms. The zero-order chi connectivity index (χ0) is 20.1. The van der Waals surface area contributed by atoms with Crippen LogP contribution in [0.15, 0.2) is 24.3 Å². The van der Waals surface area contributed by atoms with E-state index in [-0.39, 0.29) is 23.8 Å². The average molecular weight is 387 g/mol. The van der Waals surface area contributed by atoms with Crippen molar-refractivity contribution in [3.05, 3.63) is 24.3 Å². The van der Waals surface area contributed by atoms with Crippen LogP contribution in [0.4, 0.5) is 0 Å². The van der Waals surface area contributed by atoms with Gasteiger partial charge in [-0.2, -0.15) is 0 Å². The summed E-state index contributed by atoms with van der Waals surface area (Å²) < 4.78 is 11.1. The number of carbonyl (C=O) groups is 2. The van der Waals surface area contributed by atoms with Crippen molar-refractivity contribution in [2.75, 3.05) is 7.11 Å². The van der Waals surface area contributed by atoms with Gasteiger partial charge in [0.25, 0.3) is 5.91 Å². The zero-order valence-electron chi connectivity index (χ0n) is 16.7. The Balaban J connectivity index is 1.44. The minimum absolute atomic E-state index is 0.0512. The van der Waals surface area contributed by atoms with E-state index < -0.39 is 17.0 Å². The number of hydrogen-bond donors (Lipinski definition) is 2. The Labute approximate surface area is 165 Å². The molecule has 1 aromatic carbocycles. The van der Waals surface area contributed by atoms with Gasteiger partial charge in [-0.15, -0.1) is 0 Å². The molecule has 0 aliphatic heterocycles. The van der Waals surface area contributed by atoms with Gasteiger partial charge in [-0.3, -0.25) is 9.59 Å². The number of carbonyl (C=O) groups excluding carboxylic acids is 1. The van der Waals surface area contributed by atoms with Gasteiger partial charge in [0.05, 0.1) is 12.5 Å². The maximum atomic E-state index is 13.0. The van der Waals surface area contributed by atoms with Gasteiger partial charge in [-0.05, 0) is 88.0 Å². The SMILES string of the molecule is COc1ccc(OC(C)(C)C(=O)NC2C3CC4CC2CC(C(=O)O)(C4)C3)cc1. The molecule has 0 spiro atoms. The molecule has 1 aromatic rings. The number of hydrogen-bond acceptors (Lipinski definition) is 4. The Kier molecular flexibility index (Phi) is 4.55. The van der Waals surface area contributed by atoms with Gasteiger partial charge < -0.3 is 19.9 Å². The Bertz CT molecular complexity index is 756. The molecule has 2 N–H and O–H groups in total. The average Bonchev–Trinajstić information content (AvgIpc) is 2.64. The summed E-state index contributed by atoms with van der Waals surface area (Å²) in [6, 6.07) is 7.22. The van der Waals surface area contributed by atoms with Gasteiger partial charge in [-0.1, -0.05) is 0 Å². The van der Waals surface area contributed by atoms with Crippen molar-refractivity contribution in [1.82, 2.24) is 5.32 Å². The Morgan fingerprint density at radius 3 is 2.18 bits per heavy atom. The largest absolute Gasteiger partial charge is 0.497 e. The smallest absolute Gasteiger partial charge is 0.309 e. The normalized spacial score (nSPS) is 33.4. The molecule has 5 rings (SSSR count). The number of ether oxygens (including phenoxy) is 2. The second-order valence-corrected chi connectivity index (χ2v) is 9.34. The van der Waals surface area contributed by atoms with Crippen molar-refractivity contribution in [1.29, 1.82) is 0 Å². The van der Waals surface area contributed by atoms with Crippen LogP contribution >= 0.6 is 0 Å². The molecular weight excluding hydrogens is 358 g/mol. The van der Waals surface area contributed by atoms with Crippen LogP contribution in [0.1, 0.15) is 46.0 Å². The molecule has 4 aliphatic carbocycles. The first-order chi connectivity index (χ1) is 13.2. The maximum Gasteiger partial charge on any atom is 0.309 e. The monoisotopic (exact) mass is 387 g/mol. The van der Waals surface area contributed by atoms with Crippen LogP contribution in [0.25, 0.3) is 0 Å². The maximum absolute atomic E-state index is 13.0. The third-order valence-electron chi connectivity index (χ3n) is 7.00. The third kappa shape index (κ3) is 3.23. The third-order valence-corrected chi connectivity index (χ3v) is 7.00. The van der Waals surface area contributed by atoms with E-state index >= 15 is 0 Å². The molecule has 4 saturated carbocycles. The lowest BCUT2D eigenvalue weighted by Gasteiger charge is -2.58. The molecule has 4 aliphatic rings. The van der Waals surface area contributed by atoms with Crippen molar-refractivity contribution < 1.29 is 24.2 Å². The second-order valence-electron chi connectivity index (χ2n) is 9.34. The summed E-state index contributed by atoms with van der Waals surface area (Å²) in [6.07, 6.45) is 4.22. The lowest BCUT2D eigenvalue weighted by molar-refractivity contribution is -0.168. The highest BCUT2D eigenvalue weighted by Crippen LogP contribution is 2.60. The molecule has 6 heteroatoms. The predicted molar refractivity (Wildman–Crippen MR) is 103 cm³/mol. The first kappa shape index (κ1) is 19.1. The zero-order valence-corrected chi connectivity index (χ0v) is 16.7. The quantitative estimate of drug-likeness (QED) is 0.783. The molecule has 1 amide bonds. The number of nitrogens with one attached hydrogen (secondary N) is 1. The highest BCUT2D eigenvalue weighted by Gasteiger charge is 2.59. The molecule has 0 aromatic heterocycles. The van der Waals surface area contributed by atoms with Crippen LogP contribution in [0.2, 0.25) is 0 Å². The standard InChI is InChI=1S/C22H29NO5/c1-21(2,28-17-6-4-16(27-3)5-7-17)19(24)23-18-14-8-13-9-15(18)12-22(10-13,11-14)20(25)26/h4-7,13-15,18H,8-12H2,1-3H3,(H,23,24)(H,25,26). The Morgan fingerprint density at radius 1 is 1.07 bits per heavy atom. The fourth-order valence-electron chi connectivity index (χ4n) is 5.83. The van der Waals surface area contributed by atoms with Crippen molar-refractivity contribution >= 4 is 11.9 Å². The summed E-state index contributed by atoms with van der Waals surface area (Å²) in [4.78, 5) is 24.9. The number of benzene rings is 1. The fraction of sp³-hybridized carbons (Fsp3) is 0.636. The summed E-state index contributed by atoms with van der Waals surface area (Å²) >= 11 is 0. The van der Waals surface area contributed by atoms with Crippen LogP contribution < -0.4 is 14.8 Å². The Hall–Kier alpha value is -2.24. The van der Waals surface area contributed by atoms with E-state index in [0.717, 1.165) is 25.0 Å². The summed E-state index contributed by atoms with van der Waals surface area (Å²) in [5, 5.41) is 13.0. The van der Waals surface area contributed by atoms with Crippen molar-refractivity contribution in [2.24, 2.45) is 23.2 Å². The summed E-state index contributed by atoms with van der Waals surface area (Å²) in [5.74, 6) is 1.54. The lowest BCUT2D eigenvalue weighted by atomic mass is 9.48. The van der Waals surface area contributed by atoms with Gasteiger partial charge in [-0.25, -0.2) is 0 Å². The van der Waals surface area contributed by atoms with E-state index in [1.165, 1.54) is 0 Å². The van der Waals surface area contributed by atoms with Crippen LogP contribution in [-0.2, 0) is 9.59 Å². The van der Waals surface area contributed by atoms with Crippen LogP contribution in [0, 0.1) is 23.2 Å². The molecule has 4 fully saturated rings. The first-order valence-corrected chi connectivity index (χ1v) is 10.1. The fourth-order valence-corrected chi connectivity index (χ4v) is 5.83. The van der Waals surface area contributed by atoms with Crippen molar-refractivity contribution in [3.63, 3.8) is 0 Å². The van der Waals surface area contributed by atoms with Crippen molar-refractivity contribution in [3.8, 4) is 11.5 Å². The summed E-state index contributed by atoms with van der Waals surface area (Å²) in [6.45, 7) is 3.53. The Morgan fingerprint density at radius 2 is 1.64 bits per heavy atom. The molecule has 28 heavy (non-hydrogen) atoms. The van der Waals surface area contributed by atoms with Crippen LogP contribution in [-0.4, -0.2) is 35.7 Å². The van der Waals surface area contributed by atoms with E-state index in [4.69, 9.17) is 9.47 Å². The summed E-state index contributed by atoms with van der Waals surface area (Å²) in [7, 11) is 1.60. The van der Waals surface area contributed by atoms with Gasteiger partial charge in [0.1, 0.15) is 11.5 Å². The molecule has 2 unspecified atom stereocenters. The molecule has 6 nitrogen and oxygen atoms in total. The minimum Gasteiger partial charge on any atom is -0.497 e. The van der Waals surface area contributed by atoms with E-state index in [1.807, 2.05) is 0 Å². The predicted octanol–water partition coefficient (Wildman–Crippen LogP) is 3.25. The van der Waals surface area contributed by atoms with Gasteiger partial charge in [0, 0.05) is 6.04 Å². The second kappa shape index (κ2) is 6.68. The molecule has 0 saturated heterocycles. The number of amides is 1. The molecular formula is C22H29NO5. The number of methoxy groups -OCH3 is 1. The van der Waals surface area contributed by atoms with Gasteiger partial charge >= 0.3 is 5.97 Å². The highest BCUT2D eigenvalue weighted by atomic mass is 16.5. The first-order valence-electron chi connectivity index (χ1n) is 10.1. The van der Waals surface area contributed by atoms with E-state index in [2.05, 4.69) is 5.32 Å². The molecule has 0 heterocycles. The minimum atomic E-state index is -1.02. The highest BCUT2D eigenvalue weighted by molar-refractivity contribution is 5.85. The van der Waals surface area contributed by atoms with E-state index in [0.29, 0.717) is 24.5 Å². The van der Waals surface area contributed by atoms with Gasteiger partial charge in [0.15, 0.2) is 5.60 Å². The molecule has 0 radical (unpaired) electrons. The number of carboxylic acid groups (broad SMARTS) is 1. The van der Waals surface area contributed by atoms with Crippen LogP contribution in [0.3, 0.4) is 0 Å². The number of aliphatic carboxylic acids is 1. The van der Waals surface area contributed by atoms with Crippen LogP contribution in [0.5, 0.6) is 11.5 Å². The molecule has 2 atom stereocenters. The number of carboxylic acids is 1. The lowest BCUT2D eigenvalue weighted by Crippen LogP contribution is -2.63.